The predicted molar refractivity (Wildman–Crippen MR) is 93.6 cm³/mol. The monoisotopic (exact) mass is 351 g/mol. The molecule has 0 amide bonds. The SMILES string of the molecule is CC(C)(C)OC(C)(C)O[P+](=O)OCCCCCCCCCCO. The lowest BCUT2D eigenvalue weighted by molar-refractivity contribution is -0.214. The van der Waals surface area contributed by atoms with Gasteiger partial charge in [0.1, 0.15) is 6.61 Å². The number of rotatable bonds is 14. The molecule has 0 aliphatic carbocycles. The highest BCUT2D eigenvalue weighted by atomic mass is 31.1. The smallest absolute Gasteiger partial charge is 0.396 e. The second-order valence-corrected chi connectivity index (χ2v) is 8.20. The number of aliphatic hydroxyl groups excluding tert-OH is 1. The Morgan fingerprint density at radius 1 is 0.826 bits per heavy atom. The van der Waals surface area contributed by atoms with Crippen LogP contribution in [0.2, 0.25) is 0 Å². The molecule has 0 rings (SSSR count). The zero-order valence-electron chi connectivity index (χ0n) is 15.6. The van der Waals surface area contributed by atoms with E-state index in [1.165, 1.54) is 25.7 Å². The minimum atomic E-state index is -2.15. The highest BCUT2D eigenvalue weighted by Gasteiger charge is 2.37. The number of ether oxygens (including phenoxy) is 1. The Bertz CT molecular complexity index is 313. The van der Waals surface area contributed by atoms with E-state index in [-0.39, 0.29) is 5.60 Å². The first-order valence-corrected chi connectivity index (χ1v) is 9.86. The van der Waals surface area contributed by atoms with Crippen molar-refractivity contribution >= 4 is 8.25 Å². The molecule has 0 spiro atoms. The fraction of sp³-hybridized carbons (Fsp3) is 1.00. The van der Waals surface area contributed by atoms with E-state index < -0.39 is 14.0 Å². The molecule has 0 heterocycles. The van der Waals surface area contributed by atoms with E-state index in [2.05, 4.69) is 0 Å². The molecule has 0 aliphatic rings. The van der Waals surface area contributed by atoms with Crippen molar-refractivity contribution in [2.24, 2.45) is 0 Å². The molecule has 138 valence electrons. The third-order valence-electron chi connectivity index (χ3n) is 3.10. The summed E-state index contributed by atoms with van der Waals surface area (Å²) in [4.78, 5) is 0. The second kappa shape index (κ2) is 12.3. The van der Waals surface area contributed by atoms with Gasteiger partial charge in [-0.25, -0.2) is 0 Å². The van der Waals surface area contributed by atoms with Crippen molar-refractivity contribution < 1.29 is 23.5 Å². The summed E-state index contributed by atoms with van der Waals surface area (Å²) in [7, 11) is -2.15. The number of hydrogen-bond donors (Lipinski definition) is 1. The Balaban J connectivity index is 3.57. The van der Waals surface area contributed by atoms with Crippen LogP contribution in [0.5, 0.6) is 0 Å². The first-order chi connectivity index (χ1) is 10.7. The summed E-state index contributed by atoms with van der Waals surface area (Å²) in [5.74, 6) is -0.930. The summed E-state index contributed by atoms with van der Waals surface area (Å²) in [6.45, 7) is 10.0. The van der Waals surface area contributed by atoms with Gasteiger partial charge in [0.05, 0.1) is 5.60 Å². The van der Waals surface area contributed by atoms with Crippen molar-refractivity contribution in [3.63, 3.8) is 0 Å². The van der Waals surface area contributed by atoms with E-state index in [4.69, 9.17) is 18.9 Å². The molecule has 0 aromatic heterocycles. The van der Waals surface area contributed by atoms with Crippen LogP contribution in [-0.2, 0) is 18.3 Å². The van der Waals surface area contributed by atoms with Crippen molar-refractivity contribution in [3.05, 3.63) is 0 Å². The van der Waals surface area contributed by atoms with E-state index in [0.717, 1.165) is 25.7 Å². The summed E-state index contributed by atoms with van der Waals surface area (Å²) in [5.41, 5.74) is -0.364. The van der Waals surface area contributed by atoms with E-state index >= 15 is 0 Å². The Labute approximate surface area is 143 Å². The largest absolute Gasteiger partial charge is 0.700 e. The molecular weight excluding hydrogens is 315 g/mol. The van der Waals surface area contributed by atoms with Gasteiger partial charge in [0, 0.05) is 11.2 Å². The highest BCUT2D eigenvalue weighted by molar-refractivity contribution is 7.33. The quantitative estimate of drug-likeness (QED) is 0.260. The maximum absolute atomic E-state index is 11.8. The van der Waals surface area contributed by atoms with E-state index in [0.29, 0.717) is 13.2 Å². The Morgan fingerprint density at radius 3 is 1.78 bits per heavy atom. The Kier molecular flexibility index (Phi) is 12.3. The van der Waals surface area contributed by atoms with Crippen LogP contribution in [0.4, 0.5) is 0 Å². The second-order valence-electron chi connectivity index (χ2n) is 7.31. The van der Waals surface area contributed by atoms with E-state index in [9.17, 15) is 4.57 Å². The fourth-order valence-electron chi connectivity index (χ4n) is 2.38. The molecular formula is C17H36O5P+. The molecule has 1 atom stereocenters. The molecule has 6 heteroatoms. The van der Waals surface area contributed by atoms with Gasteiger partial charge in [0.15, 0.2) is 0 Å². The van der Waals surface area contributed by atoms with Gasteiger partial charge in [-0.2, -0.15) is 0 Å². The van der Waals surface area contributed by atoms with E-state index in [1.54, 1.807) is 13.8 Å². The van der Waals surface area contributed by atoms with Crippen molar-refractivity contribution in [3.8, 4) is 0 Å². The van der Waals surface area contributed by atoms with Crippen LogP contribution >= 0.6 is 8.25 Å². The van der Waals surface area contributed by atoms with Crippen LogP contribution in [0.25, 0.3) is 0 Å². The van der Waals surface area contributed by atoms with Crippen LogP contribution in [-0.4, -0.2) is 29.7 Å². The molecule has 5 nitrogen and oxygen atoms in total. The standard InChI is InChI=1S/C17H36O5P/c1-16(2,3)21-17(4,5)22-23(19)20-15-13-11-9-7-6-8-10-12-14-18/h18H,6-15H2,1-5H3/q+1. The molecule has 0 aliphatic heterocycles. The van der Waals surface area contributed by atoms with Crippen molar-refractivity contribution in [2.75, 3.05) is 13.2 Å². The van der Waals surface area contributed by atoms with Crippen molar-refractivity contribution in [1.29, 1.82) is 0 Å². The molecule has 0 saturated heterocycles. The zero-order valence-corrected chi connectivity index (χ0v) is 16.5. The predicted octanol–water partition coefficient (Wildman–Crippen LogP) is 5.34. The lowest BCUT2D eigenvalue weighted by Crippen LogP contribution is -2.35. The summed E-state index contributed by atoms with van der Waals surface area (Å²) >= 11 is 0. The van der Waals surface area contributed by atoms with Crippen LogP contribution in [0.15, 0.2) is 0 Å². The number of unbranched alkanes of at least 4 members (excludes halogenated alkanes) is 7. The van der Waals surface area contributed by atoms with Crippen LogP contribution < -0.4 is 0 Å². The molecule has 23 heavy (non-hydrogen) atoms. The van der Waals surface area contributed by atoms with Gasteiger partial charge in [0.25, 0.3) is 0 Å². The molecule has 1 unspecified atom stereocenters. The number of aliphatic hydroxyl groups is 1. The molecule has 1 N–H and O–H groups in total. The van der Waals surface area contributed by atoms with Crippen LogP contribution in [0, 0.1) is 0 Å². The van der Waals surface area contributed by atoms with Gasteiger partial charge in [-0.15, -0.1) is 4.52 Å². The van der Waals surface area contributed by atoms with Gasteiger partial charge in [-0.05, 0) is 47.5 Å². The molecule has 0 saturated carbocycles. The lowest BCUT2D eigenvalue weighted by Gasteiger charge is -2.28. The molecule has 0 aromatic rings. The molecule has 0 aromatic carbocycles. The Hall–Kier alpha value is -0.0600. The minimum absolute atomic E-state index is 0.301. The molecule has 0 fully saturated rings. The third-order valence-corrected chi connectivity index (χ3v) is 4.08. The van der Waals surface area contributed by atoms with Crippen LogP contribution in [0.3, 0.4) is 0 Å². The summed E-state index contributed by atoms with van der Waals surface area (Å²) < 4.78 is 28.0. The average Bonchev–Trinajstić information content (AvgIpc) is 2.37. The minimum Gasteiger partial charge on any atom is -0.396 e. The third kappa shape index (κ3) is 16.6. The van der Waals surface area contributed by atoms with Gasteiger partial charge in [-0.3, -0.25) is 0 Å². The average molecular weight is 351 g/mol. The topological polar surface area (TPSA) is 65.0 Å². The van der Waals surface area contributed by atoms with Gasteiger partial charge < -0.3 is 9.84 Å². The maximum atomic E-state index is 11.8. The fourth-order valence-corrected chi connectivity index (χ4v) is 3.10. The van der Waals surface area contributed by atoms with Gasteiger partial charge in [0.2, 0.25) is 5.79 Å². The summed E-state index contributed by atoms with van der Waals surface area (Å²) in [6, 6.07) is 0. The highest BCUT2D eigenvalue weighted by Crippen LogP contribution is 2.34. The molecule has 0 bridgehead atoms. The summed E-state index contributed by atoms with van der Waals surface area (Å²) in [5, 5.41) is 8.68. The first kappa shape index (κ1) is 22.9. The van der Waals surface area contributed by atoms with Crippen molar-refractivity contribution in [2.45, 2.75) is 97.4 Å². The molecule has 0 radical (unpaired) electrons. The van der Waals surface area contributed by atoms with Crippen molar-refractivity contribution in [1.82, 2.24) is 0 Å². The first-order valence-electron chi connectivity index (χ1n) is 8.76. The maximum Gasteiger partial charge on any atom is 0.700 e. The van der Waals surface area contributed by atoms with Gasteiger partial charge in [-0.1, -0.05) is 43.0 Å². The van der Waals surface area contributed by atoms with E-state index in [1.807, 2.05) is 20.8 Å². The van der Waals surface area contributed by atoms with Gasteiger partial charge >= 0.3 is 8.25 Å². The van der Waals surface area contributed by atoms with Crippen LogP contribution in [0.1, 0.15) is 86.0 Å². The zero-order chi connectivity index (χ0) is 17.8. The summed E-state index contributed by atoms with van der Waals surface area (Å²) in [6.07, 6.45) is 8.78. The lowest BCUT2D eigenvalue weighted by atomic mass is 10.1. The number of hydrogen-bond acceptors (Lipinski definition) is 5. The normalized spacial score (nSPS) is 13.4. The Morgan fingerprint density at radius 2 is 1.30 bits per heavy atom.